The summed E-state index contributed by atoms with van der Waals surface area (Å²) >= 11 is 3.00. The van der Waals surface area contributed by atoms with Crippen molar-refractivity contribution in [2.75, 3.05) is 0 Å². The normalized spacial score (nSPS) is 13.6. The van der Waals surface area contributed by atoms with Crippen molar-refractivity contribution in [1.82, 2.24) is 0 Å². The first kappa shape index (κ1) is 9.05. The van der Waals surface area contributed by atoms with Crippen molar-refractivity contribution in [2.24, 2.45) is 0 Å². The number of rotatable bonds is 3. The van der Waals surface area contributed by atoms with Gasteiger partial charge in [-0.3, -0.25) is 0 Å². The number of allylic oxidation sites excluding steroid dienone is 2. The van der Waals surface area contributed by atoms with E-state index >= 15 is 0 Å². The fourth-order valence-corrected chi connectivity index (χ4v) is 1.44. The van der Waals surface area contributed by atoms with Crippen molar-refractivity contribution in [1.29, 1.82) is 0 Å². The number of thiol groups is 1. The molecule has 0 bridgehead atoms. The summed E-state index contributed by atoms with van der Waals surface area (Å²) in [6.07, 6.45) is 4.08. The van der Waals surface area contributed by atoms with E-state index in [0.29, 0.717) is 0 Å². The Hall–Kier alpha value is 0.0500. The summed E-state index contributed by atoms with van der Waals surface area (Å²) in [7, 11) is 0. The Kier molecular flexibility index (Phi) is 8.09. The van der Waals surface area contributed by atoms with Crippen LogP contribution < -0.4 is 0 Å². The topological polar surface area (TPSA) is 0 Å². The lowest BCUT2D eigenvalue weighted by Crippen LogP contribution is -1.48. The molecule has 0 aromatic carbocycles. The Bertz CT molecular complexity index is 123. The zero-order valence-electron chi connectivity index (χ0n) is 5.74. The van der Waals surface area contributed by atoms with Gasteiger partial charge in [0.2, 0.25) is 0 Å². The van der Waals surface area contributed by atoms with Crippen molar-refractivity contribution in [3.05, 3.63) is 23.0 Å². The van der Waals surface area contributed by atoms with Crippen LogP contribution in [0.1, 0.15) is 13.8 Å². The first-order valence-electron chi connectivity index (χ1n) is 2.81. The zero-order valence-corrected chi connectivity index (χ0v) is 7.45. The van der Waals surface area contributed by atoms with Gasteiger partial charge in [0.25, 0.3) is 0 Å². The molecule has 0 nitrogen and oxygen atoms in total. The van der Waals surface area contributed by atoms with Gasteiger partial charge < -0.3 is 0 Å². The molecular formula is C7H12S2. The minimum Gasteiger partial charge on any atom is -0.170 e. The minimum atomic E-state index is 1.27. The highest BCUT2D eigenvalue weighted by atomic mass is 32.2. The summed E-state index contributed by atoms with van der Waals surface area (Å²) in [5.41, 5.74) is 0. The number of thioether (sulfide) groups is 1. The highest BCUT2D eigenvalue weighted by Gasteiger charge is 1.63. The van der Waals surface area contributed by atoms with Gasteiger partial charge in [0.15, 0.2) is 0 Å². The van der Waals surface area contributed by atoms with Crippen LogP contribution in [0.4, 0.5) is 0 Å². The molecule has 0 atom stereocenters. The molecule has 0 amide bonds. The molecule has 0 saturated heterocycles. The lowest BCUT2D eigenvalue weighted by atomic mass is 10.8. The Balaban J connectivity index is 3.25. The first-order chi connectivity index (χ1) is 4.41. The maximum absolute atomic E-state index is 2.14. The van der Waals surface area contributed by atoms with E-state index in [1.807, 2.05) is 26.0 Å². The van der Waals surface area contributed by atoms with Crippen LogP contribution in [0.5, 0.6) is 0 Å². The second-order valence-electron chi connectivity index (χ2n) is 1.34. The lowest BCUT2D eigenvalue weighted by molar-refractivity contribution is 1.79. The van der Waals surface area contributed by atoms with E-state index in [2.05, 4.69) is 15.5 Å². The summed E-state index contributed by atoms with van der Waals surface area (Å²) in [5, 5.41) is 4.17. The van der Waals surface area contributed by atoms with Gasteiger partial charge in [0.1, 0.15) is 0 Å². The third-order valence-electron chi connectivity index (χ3n) is 0.572. The van der Waals surface area contributed by atoms with Gasteiger partial charge in [-0.05, 0) is 29.4 Å². The Labute approximate surface area is 65.0 Å². The van der Waals surface area contributed by atoms with Crippen LogP contribution in [0.3, 0.4) is 0 Å². The van der Waals surface area contributed by atoms with Gasteiger partial charge in [-0.15, -0.1) is 11.8 Å². The fraction of sp³-hybridized carbons (Fsp3) is 0.286. The maximum Gasteiger partial charge on any atom is -0.000386 e. The van der Waals surface area contributed by atoms with Gasteiger partial charge in [0, 0.05) is 0 Å². The molecule has 0 unspecified atom stereocenters. The highest BCUT2D eigenvalue weighted by molar-refractivity contribution is 8.27. The molecule has 52 valence electrons. The van der Waals surface area contributed by atoms with Crippen LogP contribution in [0, 0.1) is 0 Å². The molecule has 0 aliphatic rings. The third kappa shape index (κ3) is 8.05. The molecule has 9 heavy (non-hydrogen) atoms. The van der Waals surface area contributed by atoms with Gasteiger partial charge in [0.05, 0.1) is 0 Å². The van der Waals surface area contributed by atoms with Crippen LogP contribution >= 0.6 is 23.1 Å². The molecule has 0 aliphatic carbocycles. The van der Waals surface area contributed by atoms with Crippen molar-refractivity contribution < 1.29 is 0 Å². The molecule has 0 spiro atoms. The fourth-order valence-electron chi connectivity index (χ4n) is 0.270. The highest BCUT2D eigenvalue weighted by Crippen LogP contribution is 2.00. The van der Waals surface area contributed by atoms with E-state index in [1.165, 1.54) is 11.4 Å². The molecule has 2 heteroatoms. The Morgan fingerprint density at radius 1 is 1.22 bits per heavy atom. The summed E-state index contributed by atoms with van der Waals surface area (Å²) in [4.78, 5) is 0. The molecule has 0 radical (unpaired) electrons. The lowest BCUT2D eigenvalue weighted by Gasteiger charge is -1.76. The first-order valence-corrected chi connectivity index (χ1v) is 4.78. The number of hydrogen-bond donors (Lipinski definition) is 1. The molecule has 0 fully saturated rings. The Morgan fingerprint density at radius 3 is 2.56 bits per heavy atom. The monoisotopic (exact) mass is 160 g/mol. The summed E-state index contributed by atoms with van der Waals surface area (Å²) in [6, 6.07) is 0. The molecule has 0 aliphatic heterocycles. The third-order valence-corrected chi connectivity index (χ3v) is 2.44. The van der Waals surface area contributed by atoms with E-state index in [0.717, 1.165) is 0 Å². The average Bonchev–Trinajstić information content (AvgIpc) is 1.89. The molecule has 0 rings (SSSR count). The average molecular weight is 160 g/mol. The molecule has 0 aromatic heterocycles. The molecule has 0 saturated carbocycles. The molecular weight excluding hydrogens is 148 g/mol. The maximum atomic E-state index is 2.14. The van der Waals surface area contributed by atoms with E-state index < -0.39 is 0 Å². The van der Waals surface area contributed by atoms with Gasteiger partial charge >= 0.3 is 0 Å². The Morgan fingerprint density at radius 2 is 2.00 bits per heavy atom. The summed E-state index contributed by atoms with van der Waals surface area (Å²) in [5.74, 6) is 0. The second-order valence-corrected chi connectivity index (χ2v) is 3.33. The SMILES string of the molecule is CC=CSC=[SH]C=CC. The summed E-state index contributed by atoms with van der Waals surface area (Å²) in [6.45, 7) is 4.05. The molecule has 0 heterocycles. The van der Waals surface area contributed by atoms with Crippen LogP contribution in [0.2, 0.25) is 0 Å². The van der Waals surface area contributed by atoms with Gasteiger partial charge in [-0.1, -0.05) is 12.2 Å². The predicted molar refractivity (Wildman–Crippen MR) is 52.3 cm³/mol. The standard InChI is InChI=1S/C7H12S2/c1-3-5-8-7-9-6-4-2/h3-8H,1-2H3. The number of hydrogen-bond acceptors (Lipinski definition) is 1. The van der Waals surface area contributed by atoms with Crippen molar-refractivity contribution in [3.63, 3.8) is 0 Å². The van der Waals surface area contributed by atoms with Crippen molar-refractivity contribution in [3.8, 4) is 0 Å². The summed E-state index contributed by atoms with van der Waals surface area (Å²) < 4.78 is 2.14. The quantitative estimate of drug-likeness (QED) is 0.489. The minimum absolute atomic E-state index is 1.27. The molecule has 0 aromatic rings. The van der Waals surface area contributed by atoms with Crippen molar-refractivity contribution in [2.45, 2.75) is 13.8 Å². The second kappa shape index (κ2) is 8.05. The van der Waals surface area contributed by atoms with E-state index in [1.54, 1.807) is 11.8 Å². The smallest absolute Gasteiger partial charge is 0.000386 e. The van der Waals surface area contributed by atoms with Crippen LogP contribution in [-0.2, 0) is 0 Å². The van der Waals surface area contributed by atoms with Gasteiger partial charge in [-0.25, -0.2) is 0 Å². The van der Waals surface area contributed by atoms with E-state index in [4.69, 9.17) is 0 Å². The van der Waals surface area contributed by atoms with Crippen LogP contribution in [-0.4, -0.2) is 4.70 Å². The van der Waals surface area contributed by atoms with Gasteiger partial charge in [-0.2, -0.15) is 11.4 Å². The largest absolute Gasteiger partial charge is 0.170 e. The van der Waals surface area contributed by atoms with Crippen molar-refractivity contribution >= 4 is 27.8 Å². The predicted octanol–water partition coefficient (Wildman–Crippen LogP) is 3.01. The van der Waals surface area contributed by atoms with E-state index in [-0.39, 0.29) is 0 Å². The molecule has 0 N–H and O–H groups in total. The zero-order chi connectivity index (χ0) is 6.95. The van der Waals surface area contributed by atoms with Crippen LogP contribution in [0.15, 0.2) is 23.0 Å². The van der Waals surface area contributed by atoms with E-state index in [9.17, 15) is 0 Å². The van der Waals surface area contributed by atoms with Crippen LogP contribution in [0.25, 0.3) is 0 Å².